The molecule has 1 aliphatic carbocycles. The Balaban J connectivity index is 2.21. The third kappa shape index (κ3) is 3.48. The van der Waals surface area contributed by atoms with Gasteiger partial charge in [0.05, 0.1) is 25.8 Å². The van der Waals surface area contributed by atoms with Crippen LogP contribution in [-0.4, -0.2) is 20.2 Å². The number of carbonyl (C=O) groups is 1. The number of benzene rings is 2. The maximum absolute atomic E-state index is 14.5. The topological polar surface area (TPSA) is 84.3 Å². The maximum atomic E-state index is 14.5. The fourth-order valence-corrected chi connectivity index (χ4v) is 3.01. The van der Waals surface area contributed by atoms with Gasteiger partial charge in [0.1, 0.15) is 11.6 Å². The summed E-state index contributed by atoms with van der Waals surface area (Å²) in [7, 11) is 2.80. The van der Waals surface area contributed by atoms with Crippen LogP contribution in [0.3, 0.4) is 0 Å². The highest BCUT2D eigenvalue weighted by Gasteiger charge is 2.34. The highest BCUT2D eigenvalue weighted by atomic mass is 19.1. The minimum absolute atomic E-state index is 0.186. The third-order valence-electron chi connectivity index (χ3n) is 4.50. The summed E-state index contributed by atoms with van der Waals surface area (Å²) in [4.78, 5) is 14.9. The largest absolute Gasteiger partial charge is 0.497 e. The summed E-state index contributed by atoms with van der Waals surface area (Å²) >= 11 is 0. The van der Waals surface area contributed by atoms with E-state index in [0.717, 1.165) is 12.8 Å². The molecule has 0 radical (unpaired) electrons. The minimum Gasteiger partial charge on any atom is -0.497 e. The molecule has 2 aromatic rings. The second-order valence-corrected chi connectivity index (χ2v) is 6.13. The number of hydrogen-bond acceptors (Lipinski definition) is 4. The standard InChI is InChI=1S/C19H18FN3O3/c1-25-13-6-8-17(20)15(10-13)14-7-5-12(19(24)26-2)9-16(14)18(22-23-21)11-3-4-11/h5-11,18H,3-4H2,1-2H3. The second-order valence-electron chi connectivity index (χ2n) is 6.13. The van der Waals surface area contributed by atoms with Crippen molar-refractivity contribution in [3.8, 4) is 16.9 Å². The van der Waals surface area contributed by atoms with Crippen molar-refractivity contribution < 1.29 is 18.7 Å². The molecular formula is C19H18FN3O3. The van der Waals surface area contributed by atoms with Crippen LogP contribution in [0.4, 0.5) is 4.39 Å². The lowest BCUT2D eigenvalue weighted by Gasteiger charge is -2.18. The van der Waals surface area contributed by atoms with Crippen LogP contribution >= 0.6 is 0 Å². The van der Waals surface area contributed by atoms with Gasteiger partial charge in [0.2, 0.25) is 0 Å². The van der Waals surface area contributed by atoms with E-state index in [0.29, 0.717) is 28.0 Å². The maximum Gasteiger partial charge on any atom is 0.337 e. The van der Waals surface area contributed by atoms with Crippen LogP contribution in [0.1, 0.15) is 34.8 Å². The molecule has 1 saturated carbocycles. The van der Waals surface area contributed by atoms with Gasteiger partial charge >= 0.3 is 5.97 Å². The van der Waals surface area contributed by atoms with E-state index in [9.17, 15) is 9.18 Å². The Morgan fingerprint density at radius 3 is 2.62 bits per heavy atom. The molecule has 1 atom stereocenters. The summed E-state index contributed by atoms with van der Waals surface area (Å²) in [5, 5.41) is 3.92. The molecule has 1 aliphatic rings. The Bertz CT molecular complexity index is 890. The molecule has 0 amide bonds. The van der Waals surface area contributed by atoms with E-state index in [4.69, 9.17) is 15.0 Å². The summed E-state index contributed by atoms with van der Waals surface area (Å²) in [5.41, 5.74) is 10.8. The number of nitrogens with zero attached hydrogens (tertiary/aromatic N) is 3. The lowest BCUT2D eigenvalue weighted by Crippen LogP contribution is -2.06. The number of halogens is 1. The molecule has 2 aromatic carbocycles. The van der Waals surface area contributed by atoms with Crippen LogP contribution in [0.5, 0.6) is 5.75 Å². The molecule has 0 spiro atoms. The highest BCUT2D eigenvalue weighted by Crippen LogP contribution is 2.47. The van der Waals surface area contributed by atoms with Gasteiger partial charge in [-0.15, -0.1) is 0 Å². The van der Waals surface area contributed by atoms with Gasteiger partial charge in [-0.3, -0.25) is 0 Å². The second kappa shape index (κ2) is 7.45. The summed E-state index contributed by atoms with van der Waals surface area (Å²) in [6, 6.07) is 8.83. The normalized spacial score (nSPS) is 14.3. The van der Waals surface area contributed by atoms with Crippen molar-refractivity contribution in [1.82, 2.24) is 0 Å². The summed E-state index contributed by atoms with van der Waals surface area (Å²) in [6.45, 7) is 0. The molecule has 6 nitrogen and oxygen atoms in total. The van der Waals surface area contributed by atoms with E-state index in [1.54, 1.807) is 24.3 Å². The van der Waals surface area contributed by atoms with E-state index in [1.807, 2.05) is 0 Å². The fourth-order valence-electron chi connectivity index (χ4n) is 3.01. The molecule has 3 rings (SSSR count). The van der Waals surface area contributed by atoms with E-state index >= 15 is 0 Å². The van der Waals surface area contributed by atoms with Gasteiger partial charge in [-0.2, -0.15) is 0 Å². The van der Waals surface area contributed by atoms with Crippen molar-refractivity contribution in [2.24, 2.45) is 11.0 Å². The molecule has 1 fully saturated rings. The molecule has 0 aromatic heterocycles. The van der Waals surface area contributed by atoms with Crippen molar-refractivity contribution in [3.05, 3.63) is 63.8 Å². The fraction of sp³-hybridized carbons (Fsp3) is 0.316. The van der Waals surface area contributed by atoms with Crippen LogP contribution in [0.25, 0.3) is 21.6 Å². The molecule has 1 unspecified atom stereocenters. The van der Waals surface area contributed by atoms with Gasteiger partial charge in [0.15, 0.2) is 0 Å². The SMILES string of the molecule is COC(=O)c1ccc(-c2cc(OC)ccc2F)c(C(N=[N+]=[N-])C2CC2)c1. The average Bonchev–Trinajstić information content (AvgIpc) is 3.50. The third-order valence-corrected chi connectivity index (χ3v) is 4.50. The molecule has 0 saturated heterocycles. The van der Waals surface area contributed by atoms with Crippen molar-refractivity contribution in [2.75, 3.05) is 14.2 Å². The Morgan fingerprint density at radius 2 is 2.00 bits per heavy atom. The van der Waals surface area contributed by atoms with Crippen LogP contribution in [-0.2, 0) is 4.74 Å². The predicted octanol–water partition coefficient (Wildman–Crippen LogP) is 5.05. The molecular weight excluding hydrogens is 337 g/mol. The van der Waals surface area contributed by atoms with Crippen LogP contribution in [0.2, 0.25) is 0 Å². The Kier molecular flexibility index (Phi) is 5.09. The Morgan fingerprint density at radius 1 is 1.23 bits per heavy atom. The zero-order chi connectivity index (χ0) is 18.7. The number of esters is 1. The average molecular weight is 355 g/mol. The molecule has 26 heavy (non-hydrogen) atoms. The van der Waals surface area contributed by atoms with Gasteiger partial charge in [0.25, 0.3) is 0 Å². The molecule has 7 heteroatoms. The first-order valence-corrected chi connectivity index (χ1v) is 8.19. The molecule has 0 N–H and O–H groups in total. The van der Waals surface area contributed by atoms with E-state index in [1.165, 1.54) is 26.4 Å². The van der Waals surface area contributed by atoms with E-state index < -0.39 is 17.8 Å². The zero-order valence-electron chi connectivity index (χ0n) is 14.5. The first-order chi connectivity index (χ1) is 12.6. The van der Waals surface area contributed by atoms with E-state index in [-0.39, 0.29) is 5.92 Å². The van der Waals surface area contributed by atoms with Crippen LogP contribution in [0.15, 0.2) is 41.5 Å². The zero-order valence-corrected chi connectivity index (χ0v) is 14.5. The lowest BCUT2D eigenvalue weighted by molar-refractivity contribution is 0.0600. The van der Waals surface area contributed by atoms with Gasteiger partial charge < -0.3 is 9.47 Å². The summed E-state index contributed by atoms with van der Waals surface area (Å²) in [6.07, 6.45) is 1.85. The number of hydrogen-bond donors (Lipinski definition) is 0. The smallest absolute Gasteiger partial charge is 0.337 e. The summed E-state index contributed by atoms with van der Waals surface area (Å²) in [5.74, 6) is -0.227. The molecule has 0 bridgehead atoms. The number of methoxy groups -OCH3 is 2. The predicted molar refractivity (Wildman–Crippen MR) is 94.3 cm³/mol. The van der Waals surface area contributed by atoms with Crippen LogP contribution < -0.4 is 4.74 Å². The number of ether oxygens (including phenoxy) is 2. The van der Waals surface area contributed by atoms with E-state index in [2.05, 4.69) is 10.0 Å². The first-order valence-electron chi connectivity index (χ1n) is 8.19. The van der Waals surface area contributed by atoms with Crippen molar-refractivity contribution >= 4 is 5.97 Å². The molecule has 0 aliphatic heterocycles. The lowest BCUT2D eigenvalue weighted by atomic mass is 9.91. The van der Waals surface area contributed by atoms with Gasteiger partial charge in [-0.05, 0) is 65.7 Å². The first kappa shape index (κ1) is 17.8. The van der Waals surface area contributed by atoms with Crippen molar-refractivity contribution in [1.29, 1.82) is 0 Å². The minimum atomic E-state index is -0.501. The summed E-state index contributed by atoms with van der Waals surface area (Å²) < 4.78 is 24.5. The number of carbonyl (C=O) groups excluding carboxylic acids is 1. The molecule has 0 heterocycles. The van der Waals surface area contributed by atoms with Crippen LogP contribution in [0, 0.1) is 11.7 Å². The number of rotatable bonds is 6. The quantitative estimate of drug-likeness (QED) is 0.314. The van der Waals surface area contributed by atoms with Gasteiger partial charge in [0, 0.05) is 10.5 Å². The van der Waals surface area contributed by atoms with Gasteiger partial charge in [-0.25, -0.2) is 9.18 Å². The molecule has 134 valence electrons. The van der Waals surface area contributed by atoms with Crippen molar-refractivity contribution in [2.45, 2.75) is 18.9 Å². The monoisotopic (exact) mass is 355 g/mol. The van der Waals surface area contributed by atoms with Crippen molar-refractivity contribution in [3.63, 3.8) is 0 Å². The number of azide groups is 1. The Hall–Kier alpha value is -3.05. The van der Waals surface area contributed by atoms with Gasteiger partial charge in [-0.1, -0.05) is 11.2 Å². The highest BCUT2D eigenvalue weighted by molar-refractivity contribution is 5.90. The Labute approximate surface area is 150 Å².